The number of methoxy groups -OCH3 is 1. The minimum Gasteiger partial charge on any atom is -0.474 e. The maximum atomic E-state index is 5.87. The van der Waals surface area contributed by atoms with Gasteiger partial charge in [-0.25, -0.2) is 9.98 Å². The summed E-state index contributed by atoms with van der Waals surface area (Å²) in [6.45, 7) is 4.84. The molecule has 0 aliphatic heterocycles. The Morgan fingerprint density at radius 1 is 1.29 bits per heavy atom. The lowest BCUT2D eigenvalue weighted by Gasteiger charge is -2.12. The first-order valence-electron chi connectivity index (χ1n) is 8.44. The van der Waals surface area contributed by atoms with Gasteiger partial charge in [0.25, 0.3) is 0 Å². The van der Waals surface area contributed by atoms with Gasteiger partial charge >= 0.3 is 0 Å². The minimum absolute atomic E-state index is 0. The van der Waals surface area contributed by atoms with Crippen LogP contribution < -0.4 is 15.4 Å². The van der Waals surface area contributed by atoms with E-state index in [0.29, 0.717) is 19.3 Å². The molecule has 0 spiro atoms. The molecular formula is C17H29IN4O2. The van der Waals surface area contributed by atoms with Crippen LogP contribution in [0.15, 0.2) is 23.3 Å². The van der Waals surface area contributed by atoms with E-state index in [-0.39, 0.29) is 24.0 Å². The molecule has 7 heteroatoms. The number of nitrogens with zero attached hydrogens (tertiary/aromatic N) is 2. The third kappa shape index (κ3) is 7.65. The summed E-state index contributed by atoms with van der Waals surface area (Å²) in [6.07, 6.45) is 7.00. The fourth-order valence-corrected chi connectivity index (χ4v) is 2.53. The van der Waals surface area contributed by atoms with E-state index in [0.717, 1.165) is 43.3 Å². The number of halogens is 1. The van der Waals surface area contributed by atoms with Crippen molar-refractivity contribution in [1.82, 2.24) is 15.6 Å². The van der Waals surface area contributed by atoms with Crippen LogP contribution >= 0.6 is 24.0 Å². The highest BCUT2D eigenvalue weighted by molar-refractivity contribution is 14.0. The van der Waals surface area contributed by atoms with Gasteiger partial charge in [-0.15, -0.1) is 24.0 Å². The molecule has 0 aromatic carbocycles. The molecule has 0 atom stereocenters. The molecule has 1 aromatic rings. The molecule has 1 fully saturated rings. The number of aliphatic imine (C=N–C) groups is 1. The average Bonchev–Trinajstić information content (AvgIpc) is 3.07. The van der Waals surface area contributed by atoms with Crippen molar-refractivity contribution in [3.8, 4) is 5.88 Å². The van der Waals surface area contributed by atoms with Crippen LogP contribution in [-0.4, -0.2) is 43.9 Å². The van der Waals surface area contributed by atoms with Gasteiger partial charge in [0, 0.05) is 32.5 Å². The molecule has 0 saturated heterocycles. The van der Waals surface area contributed by atoms with Gasteiger partial charge in [-0.1, -0.05) is 6.07 Å². The second kappa shape index (κ2) is 12.3. The highest BCUT2D eigenvalue weighted by Crippen LogP contribution is 2.22. The predicted octanol–water partition coefficient (Wildman–Crippen LogP) is 2.72. The van der Waals surface area contributed by atoms with E-state index in [4.69, 9.17) is 9.47 Å². The lowest BCUT2D eigenvalue weighted by atomic mass is 10.3. The van der Waals surface area contributed by atoms with Gasteiger partial charge in [0.05, 0.1) is 13.2 Å². The molecular weight excluding hydrogens is 419 g/mol. The molecule has 0 unspecified atom stereocenters. The van der Waals surface area contributed by atoms with E-state index >= 15 is 0 Å². The van der Waals surface area contributed by atoms with E-state index in [2.05, 4.69) is 20.6 Å². The third-order valence-electron chi connectivity index (χ3n) is 3.75. The molecule has 1 aliphatic carbocycles. The monoisotopic (exact) mass is 448 g/mol. The zero-order chi connectivity index (χ0) is 16.3. The molecule has 1 aliphatic rings. The zero-order valence-corrected chi connectivity index (χ0v) is 16.9. The number of nitrogens with one attached hydrogen (secondary N) is 2. The molecule has 0 amide bonds. The molecule has 1 heterocycles. The van der Waals surface area contributed by atoms with Crippen molar-refractivity contribution >= 4 is 29.9 Å². The Labute approximate surface area is 161 Å². The molecule has 136 valence electrons. The molecule has 1 saturated carbocycles. The van der Waals surface area contributed by atoms with Gasteiger partial charge in [0.1, 0.15) is 6.10 Å². The van der Waals surface area contributed by atoms with Crippen molar-refractivity contribution in [2.45, 2.75) is 45.3 Å². The molecule has 0 bridgehead atoms. The fourth-order valence-electron chi connectivity index (χ4n) is 2.53. The van der Waals surface area contributed by atoms with Gasteiger partial charge in [0.2, 0.25) is 5.88 Å². The van der Waals surface area contributed by atoms with Crippen LogP contribution in [-0.2, 0) is 11.3 Å². The second-order valence-corrected chi connectivity index (χ2v) is 5.64. The summed E-state index contributed by atoms with van der Waals surface area (Å²) in [7, 11) is 1.69. The van der Waals surface area contributed by atoms with Gasteiger partial charge in [-0.05, 0) is 38.2 Å². The maximum Gasteiger partial charge on any atom is 0.213 e. The molecule has 2 N–H and O–H groups in total. The number of pyridine rings is 1. The fraction of sp³-hybridized carbons (Fsp3) is 0.647. The van der Waals surface area contributed by atoms with E-state index in [9.17, 15) is 0 Å². The lowest BCUT2D eigenvalue weighted by Crippen LogP contribution is -2.38. The number of ether oxygens (including phenoxy) is 2. The van der Waals surface area contributed by atoms with Crippen LogP contribution in [0.4, 0.5) is 0 Å². The second-order valence-electron chi connectivity index (χ2n) is 5.64. The summed E-state index contributed by atoms with van der Waals surface area (Å²) in [5.41, 5.74) is 1.06. The Kier molecular flexibility index (Phi) is 10.7. The number of hydrogen-bond acceptors (Lipinski definition) is 4. The summed E-state index contributed by atoms with van der Waals surface area (Å²) in [5.74, 6) is 1.51. The van der Waals surface area contributed by atoms with Crippen molar-refractivity contribution in [2.24, 2.45) is 4.99 Å². The summed E-state index contributed by atoms with van der Waals surface area (Å²) < 4.78 is 10.9. The van der Waals surface area contributed by atoms with Crippen LogP contribution in [0.3, 0.4) is 0 Å². The number of rotatable bonds is 8. The highest BCUT2D eigenvalue weighted by atomic mass is 127. The van der Waals surface area contributed by atoms with Crippen molar-refractivity contribution in [3.05, 3.63) is 23.9 Å². The molecule has 24 heavy (non-hydrogen) atoms. The first kappa shape index (κ1) is 21.0. The summed E-state index contributed by atoms with van der Waals surface area (Å²) in [6, 6.07) is 3.97. The van der Waals surface area contributed by atoms with Crippen molar-refractivity contribution in [3.63, 3.8) is 0 Å². The summed E-state index contributed by atoms with van der Waals surface area (Å²) >= 11 is 0. The van der Waals surface area contributed by atoms with E-state index in [1.807, 2.05) is 25.3 Å². The van der Waals surface area contributed by atoms with Crippen molar-refractivity contribution < 1.29 is 9.47 Å². The Morgan fingerprint density at radius 2 is 2.08 bits per heavy atom. The Hall–Kier alpha value is -1.09. The number of hydrogen-bond donors (Lipinski definition) is 2. The van der Waals surface area contributed by atoms with E-state index in [1.165, 1.54) is 12.8 Å². The zero-order valence-electron chi connectivity index (χ0n) is 14.6. The highest BCUT2D eigenvalue weighted by Gasteiger charge is 2.16. The van der Waals surface area contributed by atoms with Gasteiger partial charge in [-0.2, -0.15) is 0 Å². The molecule has 2 rings (SSSR count). The summed E-state index contributed by atoms with van der Waals surface area (Å²) in [5, 5.41) is 6.43. The Bertz CT molecular complexity index is 476. The topological polar surface area (TPSA) is 67.8 Å². The normalized spacial score (nSPS) is 15.0. The van der Waals surface area contributed by atoms with Crippen molar-refractivity contribution in [1.29, 1.82) is 0 Å². The third-order valence-corrected chi connectivity index (χ3v) is 3.75. The Morgan fingerprint density at radius 3 is 2.71 bits per heavy atom. The summed E-state index contributed by atoms with van der Waals surface area (Å²) in [4.78, 5) is 8.94. The van der Waals surface area contributed by atoms with Crippen LogP contribution in [0.1, 0.15) is 38.2 Å². The minimum atomic E-state index is 0. The maximum absolute atomic E-state index is 5.87. The van der Waals surface area contributed by atoms with Gasteiger partial charge in [0.15, 0.2) is 5.96 Å². The van der Waals surface area contributed by atoms with Gasteiger partial charge in [-0.3, -0.25) is 0 Å². The predicted molar refractivity (Wildman–Crippen MR) is 107 cm³/mol. The quantitative estimate of drug-likeness (QED) is 0.277. The first-order valence-corrected chi connectivity index (χ1v) is 8.44. The number of aromatic nitrogens is 1. The molecule has 6 nitrogen and oxygen atoms in total. The Balaban J connectivity index is 0.00000288. The van der Waals surface area contributed by atoms with Crippen LogP contribution in [0.5, 0.6) is 5.88 Å². The number of guanidine groups is 1. The smallest absolute Gasteiger partial charge is 0.213 e. The van der Waals surface area contributed by atoms with Gasteiger partial charge < -0.3 is 20.1 Å². The SMILES string of the molecule is CCNC(=NCc1ccc(OC2CCCC2)nc1)NCCOC.I. The molecule has 0 radical (unpaired) electrons. The first-order chi connectivity index (χ1) is 11.3. The largest absolute Gasteiger partial charge is 0.474 e. The van der Waals surface area contributed by atoms with Crippen LogP contribution in [0.2, 0.25) is 0 Å². The van der Waals surface area contributed by atoms with Crippen LogP contribution in [0.25, 0.3) is 0 Å². The van der Waals surface area contributed by atoms with Crippen LogP contribution in [0, 0.1) is 0 Å². The average molecular weight is 448 g/mol. The molecule has 1 aromatic heterocycles. The standard InChI is InChI=1S/C17H28N4O2.HI/c1-3-18-17(19-10-11-22-2)21-13-14-8-9-16(20-12-14)23-15-6-4-5-7-15;/h8-9,12,15H,3-7,10-11,13H2,1-2H3,(H2,18,19,21);1H. The van der Waals surface area contributed by atoms with E-state index < -0.39 is 0 Å². The lowest BCUT2D eigenvalue weighted by molar-refractivity contribution is 0.201. The van der Waals surface area contributed by atoms with E-state index in [1.54, 1.807) is 7.11 Å². The van der Waals surface area contributed by atoms with Crippen molar-refractivity contribution in [2.75, 3.05) is 26.8 Å².